The molecule has 0 bridgehead atoms. The summed E-state index contributed by atoms with van der Waals surface area (Å²) in [6.45, 7) is 3.33. The average molecular weight is 352 g/mol. The Morgan fingerprint density at radius 3 is 2.62 bits per heavy atom. The molecule has 2 aromatic heterocycles. The molecule has 2 amide bonds. The van der Waals surface area contributed by atoms with Crippen molar-refractivity contribution in [3.05, 3.63) is 54.1 Å². The maximum absolute atomic E-state index is 12.4. The van der Waals surface area contributed by atoms with Gasteiger partial charge in [-0.2, -0.15) is 0 Å². The van der Waals surface area contributed by atoms with E-state index < -0.39 is 0 Å². The number of rotatable bonds is 3. The van der Waals surface area contributed by atoms with Gasteiger partial charge in [0.25, 0.3) is 5.89 Å². The third-order valence-corrected chi connectivity index (χ3v) is 4.61. The Kier molecular flexibility index (Phi) is 4.43. The fraction of sp³-hybridized carbons (Fsp3) is 0.316. The molecule has 134 valence electrons. The molecule has 0 unspecified atom stereocenters. The Morgan fingerprint density at radius 1 is 1.15 bits per heavy atom. The van der Waals surface area contributed by atoms with Crippen molar-refractivity contribution in [3.63, 3.8) is 0 Å². The fourth-order valence-corrected chi connectivity index (χ4v) is 3.07. The minimum atomic E-state index is -0.0749. The third-order valence-electron chi connectivity index (χ3n) is 4.61. The predicted octanol–water partition coefficient (Wildman–Crippen LogP) is 4.05. The van der Waals surface area contributed by atoms with Gasteiger partial charge in [-0.25, -0.2) is 4.79 Å². The topological polar surface area (TPSA) is 84.4 Å². The molecule has 7 heteroatoms. The van der Waals surface area contributed by atoms with E-state index in [9.17, 15) is 4.79 Å². The molecule has 1 aliphatic rings. The maximum Gasteiger partial charge on any atom is 0.321 e. The lowest BCUT2D eigenvalue weighted by atomic mass is 9.97. The number of likely N-dealkylation sites (tertiary alicyclic amines) is 1. The van der Waals surface area contributed by atoms with Crippen LogP contribution >= 0.6 is 0 Å². The van der Waals surface area contributed by atoms with Crippen molar-refractivity contribution in [2.24, 2.45) is 0 Å². The van der Waals surface area contributed by atoms with Crippen molar-refractivity contribution in [3.8, 4) is 11.7 Å². The van der Waals surface area contributed by atoms with Crippen LogP contribution in [-0.2, 0) is 0 Å². The highest BCUT2D eigenvalue weighted by Gasteiger charge is 2.27. The number of hydrogen-bond donors (Lipinski definition) is 1. The summed E-state index contributed by atoms with van der Waals surface area (Å²) in [5.41, 5.74) is 1.97. The molecule has 4 rings (SSSR count). The maximum atomic E-state index is 12.4. The van der Waals surface area contributed by atoms with Crippen LogP contribution < -0.4 is 5.32 Å². The number of urea groups is 1. The van der Waals surface area contributed by atoms with Crippen molar-refractivity contribution >= 4 is 11.7 Å². The van der Waals surface area contributed by atoms with E-state index in [0.29, 0.717) is 30.6 Å². The summed E-state index contributed by atoms with van der Waals surface area (Å²) in [6, 6.07) is 11.3. The van der Waals surface area contributed by atoms with Gasteiger partial charge in [0, 0.05) is 24.7 Å². The molecule has 7 nitrogen and oxygen atoms in total. The first-order valence-corrected chi connectivity index (χ1v) is 8.69. The number of furan rings is 1. The molecule has 1 saturated heterocycles. The SMILES string of the molecule is Cc1ccc(NC(=O)N2CCC(c3nnc(-c4ccco4)o3)CC2)cc1. The van der Waals surface area contributed by atoms with Crippen molar-refractivity contribution in [1.82, 2.24) is 15.1 Å². The zero-order valence-corrected chi connectivity index (χ0v) is 14.5. The van der Waals surface area contributed by atoms with Crippen LogP contribution in [0.15, 0.2) is 51.5 Å². The zero-order chi connectivity index (χ0) is 17.9. The van der Waals surface area contributed by atoms with Gasteiger partial charge in [0.2, 0.25) is 5.89 Å². The third kappa shape index (κ3) is 3.46. The molecule has 0 atom stereocenters. The van der Waals surface area contributed by atoms with E-state index >= 15 is 0 Å². The quantitative estimate of drug-likeness (QED) is 0.769. The Morgan fingerprint density at radius 2 is 1.92 bits per heavy atom. The van der Waals surface area contributed by atoms with Crippen LogP contribution in [0.25, 0.3) is 11.7 Å². The van der Waals surface area contributed by atoms with Gasteiger partial charge in [-0.05, 0) is 44.0 Å². The first-order valence-electron chi connectivity index (χ1n) is 8.69. The van der Waals surface area contributed by atoms with Crippen molar-refractivity contribution in [2.75, 3.05) is 18.4 Å². The van der Waals surface area contributed by atoms with E-state index in [1.165, 1.54) is 0 Å². The number of nitrogens with one attached hydrogen (secondary N) is 1. The number of nitrogens with zero attached hydrogens (tertiary/aromatic N) is 3. The number of aryl methyl sites for hydroxylation is 1. The number of carbonyl (C=O) groups excluding carboxylic acids is 1. The monoisotopic (exact) mass is 352 g/mol. The highest BCUT2D eigenvalue weighted by Crippen LogP contribution is 2.29. The van der Waals surface area contributed by atoms with Gasteiger partial charge in [0.05, 0.1) is 6.26 Å². The Hall–Kier alpha value is -3.09. The molecule has 0 radical (unpaired) electrons. The van der Waals surface area contributed by atoms with E-state index in [1.807, 2.05) is 36.1 Å². The number of aromatic nitrogens is 2. The molecular weight excluding hydrogens is 332 g/mol. The largest absolute Gasteiger partial charge is 0.459 e. The Labute approximate surface area is 151 Å². The molecule has 26 heavy (non-hydrogen) atoms. The van der Waals surface area contributed by atoms with Crippen LogP contribution in [0.3, 0.4) is 0 Å². The second-order valence-corrected chi connectivity index (χ2v) is 6.48. The lowest BCUT2D eigenvalue weighted by Gasteiger charge is -2.30. The van der Waals surface area contributed by atoms with Crippen LogP contribution in [0.5, 0.6) is 0 Å². The van der Waals surface area contributed by atoms with Gasteiger partial charge in [-0.15, -0.1) is 10.2 Å². The molecule has 0 spiro atoms. The summed E-state index contributed by atoms with van der Waals surface area (Å²) in [4.78, 5) is 14.2. The minimum absolute atomic E-state index is 0.0749. The predicted molar refractivity (Wildman–Crippen MR) is 95.7 cm³/mol. The summed E-state index contributed by atoms with van der Waals surface area (Å²) >= 11 is 0. The normalized spacial score (nSPS) is 15.2. The second kappa shape index (κ2) is 7.03. The standard InChI is InChI=1S/C19H20N4O3/c1-13-4-6-15(7-5-13)20-19(24)23-10-8-14(9-11-23)17-21-22-18(26-17)16-3-2-12-25-16/h2-7,12,14H,8-11H2,1H3,(H,20,24). The molecule has 1 aliphatic heterocycles. The lowest BCUT2D eigenvalue weighted by Crippen LogP contribution is -2.40. The minimum Gasteiger partial charge on any atom is -0.459 e. The number of piperidine rings is 1. The number of amides is 2. The van der Waals surface area contributed by atoms with Crippen LogP contribution in [0.1, 0.15) is 30.2 Å². The first-order chi connectivity index (χ1) is 12.7. The molecule has 3 heterocycles. The zero-order valence-electron chi connectivity index (χ0n) is 14.5. The van der Waals surface area contributed by atoms with Gasteiger partial charge in [0.1, 0.15) is 0 Å². The second-order valence-electron chi connectivity index (χ2n) is 6.48. The van der Waals surface area contributed by atoms with Crippen LogP contribution in [-0.4, -0.2) is 34.2 Å². The summed E-state index contributed by atoms with van der Waals surface area (Å²) < 4.78 is 11.0. The molecule has 0 aliphatic carbocycles. The van der Waals surface area contributed by atoms with Gasteiger partial charge < -0.3 is 19.1 Å². The molecule has 1 N–H and O–H groups in total. The van der Waals surface area contributed by atoms with Gasteiger partial charge in [-0.1, -0.05) is 17.7 Å². The summed E-state index contributed by atoms with van der Waals surface area (Å²) in [6.07, 6.45) is 3.16. The number of benzene rings is 1. The summed E-state index contributed by atoms with van der Waals surface area (Å²) in [5, 5.41) is 11.1. The van der Waals surface area contributed by atoms with E-state index in [-0.39, 0.29) is 11.9 Å². The molecular formula is C19H20N4O3. The smallest absolute Gasteiger partial charge is 0.321 e. The molecule has 1 fully saturated rings. The van der Waals surface area contributed by atoms with Gasteiger partial charge >= 0.3 is 6.03 Å². The average Bonchev–Trinajstić information content (AvgIpc) is 3.35. The van der Waals surface area contributed by atoms with E-state index in [1.54, 1.807) is 18.4 Å². The van der Waals surface area contributed by atoms with Crippen LogP contribution in [0, 0.1) is 6.92 Å². The Balaban J connectivity index is 1.33. The van der Waals surface area contributed by atoms with E-state index in [2.05, 4.69) is 15.5 Å². The fourth-order valence-electron chi connectivity index (χ4n) is 3.07. The molecule has 0 saturated carbocycles. The van der Waals surface area contributed by atoms with Crippen molar-refractivity contribution in [1.29, 1.82) is 0 Å². The first kappa shape index (κ1) is 16.4. The van der Waals surface area contributed by atoms with Gasteiger partial charge in [-0.3, -0.25) is 0 Å². The Bertz CT molecular complexity index is 863. The summed E-state index contributed by atoms with van der Waals surface area (Å²) in [7, 11) is 0. The number of carbonyl (C=O) groups is 1. The van der Waals surface area contributed by atoms with Crippen molar-refractivity contribution in [2.45, 2.75) is 25.7 Å². The lowest BCUT2D eigenvalue weighted by molar-refractivity contribution is 0.190. The van der Waals surface area contributed by atoms with Crippen LogP contribution in [0.4, 0.5) is 10.5 Å². The van der Waals surface area contributed by atoms with E-state index in [0.717, 1.165) is 24.1 Å². The summed E-state index contributed by atoms with van der Waals surface area (Å²) in [5.74, 6) is 1.73. The van der Waals surface area contributed by atoms with Crippen LogP contribution in [0.2, 0.25) is 0 Å². The number of hydrogen-bond acceptors (Lipinski definition) is 5. The molecule has 1 aromatic carbocycles. The van der Waals surface area contributed by atoms with Gasteiger partial charge in [0.15, 0.2) is 5.76 Å². The van der Waals surface area contributed by atoms with E-state index in [4.69, 9.17) is 8.83 Å². The highest BCUT2D eigenvalue weighted by molar-refractivity contribution is 5.89. The number of anilines is 1. The van der Waals surface area contributed by atoms with Crippen molar-refractivity contribution < 1.29 is 13.6 Å². The highest BCUT2D eigenvalue weighted by atomic mass is 16.4. The molecule has 3 aromatic rings.